The first-order valence-electron chi connectivity index (χ1n) is 7.43. The molecule has 0 atom stereocenters. The highest BCUT2D eigenvalue weighted by atomic mass is 16.1. The number of rotatable bonds is 3. The number of Topliss-reactive ketones (excluding diaryl/α,β-unsaturated/α-hetero) is 1. The van der Waals surface area contributed by atoms with Gasteiger partial charge in [-0.2, -0.15) is 0 Å². The van der Waals surface area contributed by atoms with Crippen molar-refractivity contribution in [1.29, 1.82) is 0 Å². The second-order valence-electron chi connectivity index (χ2n) is 7.88. The fraction of sp³-hybridized carbons (Fsp3) is 0.706. The number of fused-ring (bicyclic) bond motifs is 1. The van der Waals surface area contributed by atoms with Gasteiger partial charge in [0.15, 0.2) is 5.78 Å². The normalized spacial score (nSPS) is 18.5. The van der Waals surface area contributed by atoms with Crippen molar-refractivity contribution in [2.45, 2.75) is 59.5 Å². The van der Waals surface area contributed by atoms with Crippen LogP contribution < -0.4 is 0 Å². The number of likely N-dealkylation sites (N-methyl/N-ethyl adjacent to an activating group) is 1. The summed E-state index contributed by atoms with van der Waals surface area (Å²) in [6.07, 6.45) is 1.66. The largest absolute Gasteiger partial charge is 0.346 e. The van der Waals surface area contributed by atoms with Crippen LogP contribution in [0.2, 0.25) is 0 Å². The molecule has 0 aliphatic heterocycles. The Morgan fingerprint density at radius 2 is 1.90 bits per heavy atom. The summed E-state index contributed by atoms with van der Waals surface area (Å²) in [5.74, 6) is 0.306. The van der Waals surface area contributed by atoms with Gasteiger partial charge >= 0.3 is 0 Å². The number of hydrogen-bond donors (Lipinski definition) is 0. The highest BCUT2D eigenvalue weighted by Crippen LogP contribution is 2.36. The lowest BCUT2D eigenvalue weighted by molar-refractivity contribution is 0.0907. The van der Waals surface area contributed by atoms with Crippen LogP contribution in [0.4, 0.5) is 0 Å². The number of nitrogens with zero attached hydrogens (tertiary/aromatic N) is 2. The SMILES string of the molecule is Cc1cc2c(n1CC(C)(C)N(C)C)CC(C)(C)CC2=O. The van der Waals surface area contributed by atoms with E-state index in [-0.39, 0.29) is 11.0 Å². The standard InChI is InChI=1S/C17H28N2O/c1-12-8-13-14(9-16(2,3)10-15(13)20)19(12)11-17(4,5)18(6)7/h8H,9-11H2,1-7H3. The van der Waals surface area contributed by atoms with E-state index in [1.165, 1.54) is 11.4 Å². The maximum atomic E-state index is 12.3. The van der Waals surface area contributed by atoms with E-state index in [0.717, 1.165) is 18.5 Å². The maximum absolute atomic E-state index is 12.3. The van der Waals surface area contributed by atoms with E-state index in [4.69, 9.17) is 0 Å². The Morgan fingerprint density at radius 1 is 1.30 bits per heavy atom. The van der Waals surface area contributed by atoms with Crippen molar-refractivity contribution in [3.05, 3.63) is 23.0 Å². The van der Waals surface area contributed by atoms with Crippen molar-refractivity contribution >= 4 is 5.78 Å². The summed E-state index contributed by atoms with van der Waals surface area (Å²) in [6, 6.07) is 2.08. The molecule has 0 N–H and O–H groups in total. The lowest BCUT2D eigenvalue weighted by Crippen LogP contribution is -2.43. The maximum Gasteiger partial charge on any atom is 0.165 e. The van der Waals surface area contributed by atoms with Gasteiger partial charge in [0.25, 0.3) is 0 Å². The zero-order valence-electron chi connectivity index (χ0n) is 14.0. The van der Waals surface area contributed by atoms with Crippen LogP contribution in [0.15, 0.2) is 6.07 Å². The Morgan fingerprint density at radius 3 is 2.45 bits per heavy atom. The molecule has 0 fully saturated rings. The predicted molar refractivity (Wildman–Crippen MR) is 83.4 cm³/mol. The number of ketones is 1. The molecule has 0 bridgehead atoms. The lowest BCUT2D eigenvalue weighted by atomic mass is 9.76. The molecule has 0 aromatic carbocycles. The van der Waals surface area contributed by atoms with Crippen LogP contribution in [0.3, 0.4) is 0 Å². The van der Waals surface area contributed by atoms with Crippen molar-refractivity contribution < 1.29 is 4.79 Å². The second kappa shape index (κ2) is 4.73. The van der Waals surface area contributed by atoms with E-state index < -0.39 is 0 Å². The van der Waals surface area contributed by atoms with E-state index in [0.29, 0.717) is 12.2 Å². The number of aromatic nitrogens is 1. The number of aryl methyl sites for hydroxylation is 1. The first-order valence-corrected chi connectivity index (χ1v) is 7.43. The minimum absolute atomic E-state index is 0.0716. The Kier molecular flexibility index (Phi) is 3.62. The molecule has 2 rings (SSSR count). The van der Waals surface area contributed by atoms with Gasteiger partial charge in [-0.25, -0.2) is 0 Å². The summed E-state index contributed by atoms with van der Waals surface area (Å²) in [5.41, 5.74) is 3.54. The van der Waals surface area contributed by atoms with Gasteiger partial charge < -0.3 is 9.47 Å². The summed E-state index contributed by atoms with van der Waals surface area (Å²) in [7, 11) is 4.22. The third-order valence-electron chi connectivity index (χ3n) is 4.76. The first-order chi connectivity index (χ1) is 9.03. The molecule has 1 aromatic rings. The number of carbonyl (C=O) groups excluding carboxylic acids is 1. The van der Waals surface area contributed by atoms with Gasteiger partial charge in [-0.15, -0.1) is 0 Å². The predicted octanol–water partition coefficient (Wildman–Crippen LogP) is 3.29. The average molecular weight is 276 g/mol. The zero-order valence-corrected chi connectivity index (χ0v) is 14.0. The minimum Gasteiger partial charge on any atom is -0.346 e. The van der Waals surface area contributed by atoms with Crippen molar-refractivity contribution in [2.24, 2.45) is 5.41 Å². The van der Waals surface area contributed by atoms with Gasteiger partial charge in [0.1, 0.15) is 0 Å². The van der Waals surface area contributed by atoms with E-state index in [1.54, 1.807) is 0 Å². The third-order valence-corrected chi connectivity index (χ3v) is 4.76. The molecule has 0 saturated heterocycles. The lowest BCUT2D eigenvalue weighted by Gasteiger charge is -2.36. The molecule has 1 heterocycles. The van der Waals surface area contributed by atoms with E-state index in [1.807, 2.05) is 0 Å². The molecule has 0 unspecified atom stereocenters. The molecule has 0 spiro atoms. The molecular weight excluding hydrogens is 248 g/mol. The topological polar surface area (TPSA) is 25.2 Å². The van der Waals surface area contributed by atoms with E-state index in [9.17, 15) is 4.79 Å². The minimum atomic E-state index is 0.0716. The highest BCUT2D eigenvalue weighted by Gasteiger charge is 2.35. The molecule has 112 valence electrons. The van der Waals surface area contributed by atoms with Crippen LogP contribution in [-0.2, 0) is 13.0 Å². The van der Waals surface area contributed by atoms with Crippen molar-refractivity contribution in [3.63, 3.8) is 0 Å². The van der Waals surface area contributed by atoms with Crippen LogP contribution in [0, 0.1) is 12.3 Å². The second-order valence-corrected chi connectivity index (χ2v) is 7.88. The molecule has 1 aliphatic rings. The average Bonchev–Trinajstić information content (AvgIpc) is 2.55. The summed E-state index contributed by atoms with van der Waals surface area (Å²) >= 11 is 0. The summed E-state index contributed by atoms with van der Waals surface area (Å²) in [5, 5.41) is 0. The van der Waals surface area contributed by atoms with Crippen LogP contribution in [0.25, 0.3) is 0 Å². The van der Waals surface area contributed by atoms with Crippen LogP contribution in [-0.4, -0.2) is 34.9 Å². The zero-order chi connectivity index (χ0) is 15.3. The summed E-state index contributed by atoms with van der Waals surface area (Å²) in [6.45, 7) is 11.9. The monoisotopic (exact) mass is 276 g/mol. The van der Waals surface area contributed by atoms with Gasteiger partial charge in [0.2, 0.25) is 0 Å². The van der Waals surface area contributed by atoms with Crippen molar-refractivity contribution in [2.75, 3.05) is 14.1 Å². The molecule has 3 heteroatoms. The van der Waals surface area contributed by atoms with Gasteiger partial charge in [0, 0.05) is 35.5 Å². The molecule has 0 saturated carbocycles. The van der Waals surface area contributed by atoms with Gasteiger partial charge in [-0.3, -0.25) is 4.79 Å². The fourth-order valence-electron chi connectivity index (χ4n) is 2.95. The number of carbonyl (C=O) groups is 1. The summed E-state index contributed by atoms with van der Waals surface area (Å²) in [4.78, 5) is 14.6. The Bertz CT molecular complexity index is 535. The molecule has 20 heavy (non-hydrogen) atoms. The molecule has 1 aliphatic carbocycles. The van der Waals surface area contributed by atoms with Crippen LogP contribution in [0.1, 0.15) is 55.9 Å². The quantitative estimate of drug-likeness (QED) is 0.846. The smallest absolute Gasteiger partial charge is 0.165 e. The van der Waals surface area contributed by atoms with Crippen molar-refractivity contribution in [3.8, 4) is 0 Å². The van der Waals surface area contributed by atoms with Gasteiger partial charge in [-0.05, 0) is 52.8 Å². The Labute approximate surface area is 123 Å². The van der Waals surface area contributed by atoms with Gasteiger partial charge in [-0.1, -0.05) is 13.8 Å². The van der Waals surface area contributed by atoms with Crippen LogP contribution >= 0.6 is 0 Å². The summed E-state index contributed by atoms with van der Waals surface area (Å²) < 4.78 is 2.36. The fourth-order valence-corrected chi connectivity index (χ4v) is 2.95. The molecule has 0 amide bonds. The molecule has 0 radical (unpaired) electrons. The Hall–Kier alpha value is -1.09. The van der Waals surface area contributed by atoms with E-state index in [2.05, 4.69) is 64.2 Å². The van der Waals surface area contributed by atoms with E-state index >= 15 is 0 Å². The Balaban J connectivity index is 2.44. The molecule has 3 nitrogen and oxygen atoms in total. The highest BCUT2D eigenvalue weighted by molar-refractivity contribution is 5.99. The van der Waals surface area contributed by atoms with Gasteiger partial charge in [0.05, 0.1) is 0 Å². The molecular formula is C17H28N2O. The van der Waals surface area contributed by atoms with Crippen LogP contribution in [0.5, 0.6) is 0 Å². The van der Waals surface area contributed by atoms with Crippen molar-refractivity contribution in [1.82, 2.24) is 9.47 Å². The molecule has 1 aromatic heterocycles. The number of hydrogen-bond acceptors (Lipinski definition) is 2. The first kappa shape index (κ1) is 15.3. The third kappa shape index (κ3) is 2.69.